The van der Waals surface area contributed by atoms with E-state index in [1.54, 1.807) is 11.8 Å². The van der Waals surface area contributed by atoms with Crippen LogP contribution in [-0.4, -0.2) is 29.4 Å². The van der Waals surface area contributed by atoms with E-state index in [4.69, 9.17) is 10.5 Å². The van der Waals surface area contributed by atoms with Crippen molar-refractivity contribution in [1.82, 2.24) is 15.1 Å². The Balaban J connectivity index is 2.74. The quantitative estimate of drug-likeness (QED) is 0.581. The van der Waals surface area contributed by atoms with Crippen molar-refractivity contribution in [1.29, 1.82) is 0 Å². The van der Waals surface area contributed by atoms with Crippen LogP contribution < -0.4 is 15.8 Å². The first-order chi connectivity index (χ1) is 8.10. The number of hydrogen-bond donors (Lipinski definition) is 2. The number of ether oxygens (including phenoxy) is 1. The van der Waals surface area contributed by atoms with E-state index in [0.29, 0.717) is 12.5 Å². The Morgan fingerprint density at radius 1 is 1.59 bits per heavy atom. The van der Waals surface area contributed by atoms with Crippen LogP contribution in [0.25, 0.3) is 0 Å². The van der Waals surface area contributed by atoms with Crippen molar-refractivity contribution >= 4 is 5.96 Å². The summed E-state index contributed by atoms with van der Waals surface area (Å²) in [6.07, 6.45) is 1.02. The Labute approximate surface area is 102 Å². The summed E-state index contributed by atoms with van der Waals surface area (Å²) in [7, 11) is 3.47. The fourth-order valence-corrected chi connectivity index (χ4v) is 1.59. The van der Waals surface area contributed by atoms with Crippen LogP contribution in [0.1, 0.15) is 24.6 Å². The average Bonchev–Trinajstić information content (AvgIpc) is 2.57. The Morgan fingerprint density at radius 3 is 2.88 bits per heavy atom. The first-order valence-corrected chi connectivity index (χ1v) is 5.70. The van der Waals surface area contributed by atoms with Gasteiger partial charge < -0.3 is 15.8 Å². The van der Waals surface area contributed by atoms with E-state index < -0.39 is 0 Å². The van der Waals surface area contributed by atoms with Crippen molar-refractivity contribution in [3.05, 3.63) is 11.3 Å². The number of nitrogens with two attached hydrogens (primary N) is 1. The van der Waals surface area contributed by atoms with Crippen LogP contribution in [0.15, 0.2) is 4.99 Å². The lowest BCUT2D eigenvalue weighted by molar-refractivity contribution is 0.369. The third-order valence-corrected chi connectivity index (χ3v) is 2.45. The van der Waals surface area contributed by atoms with Gasteiger partial charge in [-0.15, -0.1) is 0 Å². The van der Waals surface area contributed by atoms with Gasteiger partial charge in [0.2, 0.25) is 5.88 Å². The molecular formula is C11H21N5O. The molecule has 1 rings (SSSR count). The van der Waals surface area contributed by atoms with Crippen LogP contribution in [0, 0.1) is 6.92 Å². The van der Waals surface area contributed by atoms with Crippen molar-refractivity contribution in [2.75, 3.05) is 13.7 Å². The summed E-state index contributed by atoms with van der Waals surface area (Å²) < 4.78 is 6.98. The third kappa shape index (κ3) is 3.37. The summed E-state index contributed by atoms with van der Waals surface area (Å²) >= 11 is 0. The fourth-order valence-electron chi connectivity index (χ4n) is 1.59. The molecular weight excluding hydrogens is 218 g/mol. The highest BCUT2D eigenvalue weighted by Gasteiger charge is 2.12. The number of rotatable bonds is 5. The molecule has 1 aromatic rings. The van der Waals surface area contributed by atoms with Gasteiger partial charge in [-0.25, -0.2) is 9.67 Å². The van der Waals surface area contributed by atoms with E-state index in [2.05, 4.69) is 22.3 Å². The van der Waals surface area contributed by atoms with Crippen LogP contribution >= 0.6 is 0 Å². The van der Waals surface area contributed by atoms with Gasteiger partial charge in [0.25, 0.3) is 0 Å². The van der Waals surface area contributed by atoms with E-state index in [-0.39, 0.29) is 0 Å². The number of aryl methyl sites for hydroxylation is 2. The predicted octanol–water partition coefficient (Wildman–Crippen LogP) is 0.551. The molecule has 96 valence electrons. The van der Waals surface area contributed by atoms with Gasteiger partial charge in [0.05, 0.1) is 24.9 Å². The maximum Gasteiger partial charge on any atom is 0.216 e. The standard InChI is InChI=1S/C11H21N5O/c1-5-6-13-11(12)14-7-9-8(2)15-16(3)10(9)17-4/h5-7H2,1-4H3,(H3,12,13,14). The lowest BCUT2D eigenvalue weighted by Gasteiger charge is -2.05. The van der Waals surface area contributed by atoms with E-state index in [9.17, 15) is 0 Å². The molecule has 0 fully saturated rings. The van der Waals surface area contributed by atoms with Crippen molar-refractivity contribution < 1.29 is 4.74 Å². The van der Waals surface area contributed by atoms with Crippen LogP contribution in [0.4, 0.5) is 0 Å². The molecule has 0 aliphatic heterocycles. The van der Waals surface area contributed by atoms with Crippen LogP contribution in [-0.2, 0) is 13.6 Å². The minimum Gasteiger partial charge on any atom is -0.481 e. The number of guanidine groups is 1. The summed E-state index contributed by atoms with van der Waals surface area (Å²) in [6.45, 7) is 5.32. The van der Waals surface area contributed by atoms with E-state index in [1.165, 1.54) is 0 Å². The van der Waals surface area contributed by atoms with Crippen LogP contribution in [0.3, 0.4) is 0 Å². The number of aliphatic imine (C=N–C) groups is 1. The normalized spacial score (nSPS) is 11.6. The van der Waals surface area contributed by atoms with Gasteiger partial charge >= 0.3 is 0 Å². The zero-order valence-corrected chi connectivity index (χ0v) is 10.9. The van der Waals surface area contributed by atoms with Gasteiger partial charge in [0, 0.05) is 13.6 Å². The van der Waals surface area contributed by atoms with Gasteiger partial charge in [-0.3, -0.25) is 0 Å². The van der Waals surface area contributed by atoms with E-state index in [0.717, 1.165) is 30.1 Å². The highest BCUT2D eigenvalue weighted by atomic mass is 16.5. The van der Waals surface area contributed by atoms with Crippen molar-refractivity contribution in [2.45, 2.75) is 26.8 Å². The second-order valence-corrected chi connectivity index (χ2v) is 3.83. The number of nitrogens with one attached hydrogen (secondary N) is 1. The summed E-state index contributed by atoms with van der Waals surface area (Å²) in [5.74, 6) is 1.19. The van der Waals surface area contributed by atoms with Crippen molar-refractivity contribution in [3.8, 4) is 5.88 Å². The fraction of sp³-hybridized carbons (Fsp3) is 0.636. The molecule has 1 heterocycles. The Kier molecular flexibility index (Phi) is 4.81. The van der Waals surface area contributed by atoms with Gasteiger partial charge in [-0.2, -0.15) is 5.10 Å². The first kappa shape index (κ1) is 13.3. The van der Waals surface area contributed by atoms with Gasteiger partial charge in [0.15, 0.2) is 5.96 Å². The molecule has 0 aliphatic rings. The Morgan fingerprint density at radius 2 is 2.29 bits per heavy atom. The van der Waals surface area contributed by atoms with Crippen molar-refractivity contribution in [3.63, 3.8) is 0 Å². The average molecular weight is 239 g/mol. The van der Waals surface area contributed by atoms with E-state index >= 15 is 0 Å². The molecule has 0 radical (unpaired) electrons. The molecule has 6 nitrogen and oxygen atoms in total. The largest absolute Gasteiger partial charge is 0.481 e. The molecule has 0 saturated heterocycles. The third-order valence-electron chi connectivity index (χ3n) is 2.45. The minimum absolute atomic E-state index is 0.456. The molecule has 0 saturated carbocycles. The maximum atomic E-state index is 5.73. The lowest BCUT2D eigenvalue weighted by atomic mass is 10.2. The zero-order valence-electron chi connectivity index (χ0n) is 10.9. The molecule has 0 bridgehead atoms. The Hall–Kier alpha value is -1.72. The first-order valence-electron chi connectivity index (χ1n) is 5.70. The molecule has 1 aromatic heterocycles. The molecule has 3 N–H and O–H groups in total. The van der Waals surface area contributed by atoms with Crippen LogP contribution in [0.5, 0.6) is 5.88 Å². The monoisotopic (exact) mass is 239 g/mol. The van der Waals surface area contributed by atoms with E-state index in [1.807, 2.05) is 14.0 Å². The topological polar surface area (TPSA) is 77.5 Å². The molecule has 0 spiro atoms. The number of hydrogen-bond acceptors (Lipinski definition) is 3. The number of nitrogens with zero attached hydrogens (tertiary/aromatic N) is 3. The summed E-state index contributed by atoms with van der Waals surface area (Å²) in [5.41, 5.74) is 7.61. The van der Waals surface area contributed by atoms with Gasteiger partial charge in [0.1, 0.15) is 0 Å². The van der Waals surface area contributed by atoms with Gasteiger partial charge in [-0.1, -0.05) is 6.92 Å². The van der Waals surface area contributed by atoms with Gasteiger partial charge in [-0.05, 0) is 13.3 Å². The van der Waals surface area contributed by atoms with Crippen LogP contribution in [0.2, 0.25) is 0 Å². The Bertz CT molecular complexity index is 397. The van der Waals surface area contributed by atoms with Crippen molar-refractivity contribution in [2.24, 2.45) is 17.8 Å². The minimum atomic E-state index is 0.456. The molecule has 0 amide bonds. The number of aromatic nitrogens is 2. The molecule has 0 aliphatic carbocycles. The highest BCUT2D eigenvalue weighted by molar-refractivity contribution is 5.77. The molecule has 6 heteroatoms. The molecule has 0 atom stereocenters. The molecule has 0 aromatic carbocycles. The summed E-state index contributed by atoms with van der Waals surface area (Å²) in [5, 5.41) is 7.31. The second-order valence-electron chi connectivity index (χ2n) is 3.83. The second kappa shape index (κ2) is 6.12. The predicted molar refractivity (Wildman–Crippen MR) is 68.1 cm³/mol. The SMILES string of the molecule is CCCNC(N)=NCc1c(C)nn(C)c1OC. The smallest absolute Gasteiger partial charge is 0.216 e. The number of methoxy groups -OCH3 is 1. The summed E-state index contributed by atoms with van der Waals surface area (Å²) in [6, 6.07) is 0. The summed E-state index contributed by atoms with van der Waals surface area (Å²) in [4.78, 5) is 4.26. The zero-order chi connectivity index (χ0) is 12.8. The molecule has 17 heavy (non-hydrogen) atoms. The highest BCUT2D eigenvalue weighted by Crippen LogP contribution is 2.21. The molecule has 0 unspecified atom stereocenters. The maximum absolute atomic E-state index is 5.73. The lowest BCUT2D eigenvalue weighted by Crippen LogP contribution is -2.32.